The van der Waals surface area contributed by atoms with Gasteiger partial charge in [-0.3, -0.25) is 5.32 Å². The van der Waals surface area contributed by atoms with Crippen molar-refractivity contribution in [3.05, 3.63) is 0 Å². The van der Waals surface area contributed by atoms with Crippen molar-refractivity contribution in [2.24, 2.45) is 0 Å². The molecular weight excluding hydrogens is 254 g/mol. The summed E-state index contributed by atoms with van der Waals surface area (Å²) in [5.41, 5.74) is 0. The third-order valence-corrected chi connectivity index (χ3v) is 3.35. The molecule has 0 unspecified atom stereocenters. The first-order valence-electron chi connectivity index (χ1n) is 8.34. The highest BCUT2D eigenvalue weighted by molar-refractivity contribution is 4.52. The highest BCUT2D eigenvalue weighted by Crippen LogP contribution is 2.10. The Hall–Kier alpha value is -0.160. The zero-order valence-corrected chi connectivity index (χ0v) is 13.5. The van der Waals surface area contributed by atoms with Crippen LogP contribution in [-0.4, -0.2) is 35.9 Å². The molecule has 0 amide bonds. The second-order valence-electron chi connectivity index (χ2n) is 5.74. The number of unbranched alkanes of at least 4 members (excludes halogenated alkanes) is 9. The number of rotatable bonds is 15. The molecule has 0 bridgehead atoms. The van der Waals surface area contributed by atoms with Gasteiger partial charge in [-0.2, -0.15) is 0 Å². The Bertz CT molecular complexity index is 193. The minimum absolute atomic E-state index is 0.460. The monoisotopic (exact) mass is 289 g/mol. The number of nitrogens with one attached hydrogen (secondary N) is 1. The molecule has 0 aliphatic rings. The van der Waals surface area contributed by atoms with Crippen LogP contribution in [0.1, 0.15) is 78.1 Å². The van der Waals surface area contributed by atoms with E-state index in [1.807, 2.05) is 0 Å². The SMILES string of the molecule is CCCCCCCCCCCCOCCNC(C)(O)O. The van der Waals surface area contributed by atoms with Gasteiger partial charge in [-0.15, -0.1) is 0 Å². The summed E-state index contributed by atoms with van der Waals surface area (Å²) < 4.78 is 5.42. The van der Waals surface area contributed by atoms with Gasteiger partial charge < -0.3 is 14.9 Å². The average Bonchev–Trinajstić information content (AvgIpc) is 2.38. The Morgan fingerprint density at radius 3 is 1.80 bits per heavy atom. The van der Waals surface area contributed by atoms with Crippen LogP contribution in [0, 0.1) is 0 Å². The predicted molar refractivity (Wildman–Crippen MR) is 83.5 cm³/mol. The lowest BCUT2D eigenvalue weighted by molar-refractivity contribution is -0.170. The Morgan fingerprint density at radius 1 is 0.800 bits per heavy atom. The maximum absolute atomic E-state index is 9.00. The van der Waals surface area contributed by atoms with E-state index in [1.54, 1.807) is 0 Å². The van der Waals surface area contributed by atoms with Crippen molar-refractivity contribution >= 4 is 0 Å². The molecule has 4 nitrogen and oxygen atoms in total. The molecule has 0 saturated carbocycles. The van der Waals surface area contributed by atoms with Crippen LogP contribution < -0.4 is 5.32 Å². The van der Waals surface area contributed by atoms with Crippen molar-refractivity contribution in [2.75, 3.05) is 19.8 Å². The first kappa shape index (κ1) is 19.8. The van der Waals surface area contributed by atoms with E-state index in [9.17, 15) is 0 Å². The standard InChI is InChI=1S/C16H35NO3/c1-3-4-5-6-7-8-9-10-11-12-14-20-15-13-17-16(2,18)19/h17-19H,3-15H2,1-2H3. The maximum Gasteiger partial charge on any atom is 0.219 e. The van der Waals surface area contributed by atoms with Crippen LogP contribution in [0.2, 0.25) is 0 Å². The van der Waals surface area contributed by atoms with Crippen LogP contribution in [0.15, 0.2) is 0 Å². The highest BCUT2D eigenvalue weighted by atomic mass is 16.5. The van der Waals surface area contributed by atoms with Crippen molar-refractivity contribution in [2.45, 2.75) is 84.0 Å². The smallest absolute Gasteiger partial charge is 0.219 e. The van der Waals surface area contributed by atoms with Gasteiger partial charge in [-0.1, -0.05) is 64.7 Å². The quantitative estimate of drug-likeness (QED) is 0.320. The van der Waals surface area contributed by atoms with Crippen LogP contribution in [0.25, 0.3) is 0 Å². The molecular formula is C16H35NO3. The van der Waals surface area contributed by atoms with Crippen molar-refractivity contribution in [1.29, 1.82) is 0 Å². The van der Waals surface area contributed by atoms with Gasteiger partial charge in [-0.05, 0) is 6.42 Å². The largest absolute Gasteiger partial charge is 0.380 e. The van der Waals surface area contributed by atoms with Gasteiger partial charge in [0.25, 0.3) is 0 Å². The molecule has 4 heteroatoms. The molecule has 0 rings (SSSR count). The van der Waals surface area contributed by atoms with Crippen LogP contribution >= 0.6 is 0 Å². The average molecular weight is 289 g/mol. The topological polar surface area (TPSA) is 61.7 Å². The fraction of sp³-hybridized carbons (Fsp3) is 1.00. The van der Waals surface area contributed by atoms with Gasteiger partial charge in [0.15, 0.2) is 0 Å². The lowest BCUT2D eigenvalue weighted by Crippen LogP contribution is -2.43. The van der Waals surface area contributed by atoms with Gasteiger partial charge in [0.2, 0.25) is 5.91 Å². The maximum atomic E-state index is 9.00. The highest BCUT2D eigenvalue weighted by Gasteiger charge is 2.11. The van der Waals surface area contributed by atoms with Crippen LogP contribution in [-0.2, 0) is 4.74 Å². The summed E-state index contributed by atoms with van der Waals surface area (Å²) in [5, 5.41) is 20.5. The zero-order chi connectivity index (χ0) is 15.1. The second kappa shape index (κ2) is 13.8. The van der Waals surface area contributed by atoms with Crippen LogP contribution in [0.3, 0.4) is 0 Å². The van der Waals surface area contributed by atoms with E-state index in [0.717, 1.165) is 13.0 Å². The molecule has 122 valence electrons. The summed E-state index contributed by atoms with van der Waals surface area (Å²) in [4.78, 5) is 0. The Morgan fingerprint density at radius 2 is 1.30 bits per heavy atom. The molecule has 0 atom stereocenters. The lowest BCUT2D eigenvalue weighted by Gasteiger charge is -2.17. The molecule has 0 aromatic carbocycles. The molecule has 0 aliphatic carbocycles. The summed E-state index contributed by atoms with van der Waals surface area (Å²) in [6, 6.07) is 0. The predicted octanol–water partition coefficient (Wildman–Crippen LogP) is 3.17. The minimum atomic E-state index is -1.79. The van der Waals surface area contributed by atoms with Gasteiger partial charge in [-0.25, -0.2) is 0 Å². The summed E-state index contributed by atoms with van der Waals surface area (Å²) in [6.45, 7) is 5.31. The molecule has 0 heterocycles. The minimum Gasteiger partial charge on any atom is -0.380 e. The van der Waals surface area contributed by atoms with Crippen molar-refractivity contribution < 1.29 is 14.9 Å². The van der Waals surface area contributed by atoms with E-state index in [2.05, 4.69) is 12.2 Å². The third-order valence-electron chi connectivity index (χ3n) is 3.35. The Labute approximate surface area is 124 Å². The van der Waals surface area contributed by atoms with Gasteiger partial charge in [0.1, 0.15) is 0 Å². The van der Waals surface area contributed by atoms with Crippen molar-refractivity contribution in [1.82, 2.24) is 5.32 Å². The van der Waals surface area contributed by atoms with Crippen molar-refractivity contribution in [3.8, 4) is 0 Å². The summed E-state index contributed by atoms with van der Waals surface area (Å²) in [6.07, 6.45) is 13.3. The Balaban J connectivity index is 2.99. The third kappa shape index (κ3) is 17.8. The molecule has 0 aliphatic heterocycles. The molecule has 0 radical (unpaired) electrons. The molecule has 3 N–H and O–H groups in total. The Kier molecular flexibility index (Phi) is 13.7. The van der Waals surface area contributed by atoms with Crippen LogP contribution in [0.4, 0.5) is 0 Å². The summed E-state index contributed by atoms with van der Waals surface area (Å²) in [7, 11) is 0. The van der Waals surface area contributed by atoms with Gasteiger partial charge in [0.05, 0.1) is 6.61 Å². The van der Waals surface area contributed by atoms with E-state index in [-0.39, 0.29) is 0 Å². The first-order valence-corrected chi connectivity index (χ1v) is 8.34. The zero-order valence-electron chi connectivity index (χ0n) is 13.5. The molecule has 0 aromatic rings. The van der Waals surface area contributed by atoms with E-state index < -0.39 is 5.91 Å². The summed E-state index contributed by atoms with van der Waals surface area (Å²) in [5.74, 6) is -1.79. The number of aliphatic hydroxyl groups is 2. The summed E-state index contributed by atoms with van der Waals surface area (Å²) >= 11 is 0. The molecule has 20 heavy (non-hydrogen) atoms. The van der Waals surface area contributed by atoms with E-state index in [0.29, 0.717) is 13.2 Å². The van der Waals surface area contributed by atoms with E-state index in [1.165, 1.54) is 64.7 Å². The number of hydrogen-bond donors (Lipinski definition) is 3. The number of ether oxygens (including phenoxy) is 1. The molecule has 0 aromatic heterocycles. The number of hydrogen-bond acceptors (Lipinski definition) is 4. The van der Waals surface area contributed by atoms with E-state index in [4.69, 9.17) is 14.9 Å². The fourth-order valence-electron chi connectivity index (χ4n) is 2.15. The normalized spacial score (nSPS) is 12.0. The van der Waals surface area contributed by atoms with E-state index >= 15 is 0 Å². The molecule has 0 spiro atoms. The fourth-order valence-corrected chi connectivity index (χ4v) is 2.15. The first-order chi connectivity index (χ1) is 9.56. The van der Waals surface area contributed by atoms with Gasteiger partial charge >= 0.3 is 0 Å². The van der Waals surface area contributed by atoms with Crippen LogP contribution in [0.5, 0.6) is 0 Å². The lowest BCUT2D eigenvalue weighted by atomic mass is 10.1. The van der Waals surface area contributed by atoms with Crippen molar-refractivity contribution in [3.63, 3.8) is 0 Å². The molecule has 0 fully saturated rings. The van der Waals surface area contributed by atoms with Gasteiger partial charge in [0, 0.05) is 20.1 Å². The second-order valence-corrected chi connectivity index (χ2v) is 5.74. The molecule has 0 saturated heterocycles.